The second-order valence-electron chi connectivity index (χ2n) is 7.89. The molecule has 0 amide bonds. The number of para-hydroxylation sites is 1. The smallest absolute Gasteiger partial charge is 0.305 e. The van der Waals surface area contributed by atoms with Gasteiger partial charge in [-0.2, -0.15) is 0 Å². The Bertz CT molecular complexity index is 723. The minimum atomic E-state index is -0.198. The summed E-state index contributed by atoms with van der Waals surface area (Å²) in [6.07, 6.45) is 11.9. The van der Waals surface area contributed by atoms with Gasteiger partial charge in [0, 0.05) is 12.8 Å². The molecule has 0 heterocycles. The summed E-state index contributed by atoms with van der Waals surface area (Å²) in [6.45, 7) is 4.13. The van der Waals surface area contributed by atoms with E-state index in [4.69, 9.17) is 4.74 Å². The lowest BCUT2D eigenvalue weighted by molar-refractivity contribution is -0.140. The van der Waals surface area contributed by atoms with Crippen LogP contribution >= 0.6 is 0 Å². The van der Waals surface area contributed by atoms with Crippen molar-refractivity contribution in [3.8, 4) is 17.6 Å². The van der Waals surface area contributed by atoms with Crippen LogP contribution in [0.25, 0.3) is 0 Å². The van der Waals surface area contributed by atoms with Crippen molar-refractivity contribution in [2.75, 3.05) is 7.11 Å². The molecule has 0 radical (unpaired) electrons. The average molecular weight is 383 g/mol. The first-order chi connectivity index (χ1) is 13.6. The number of carbonyl (C=O) groups excluding carboxylic acids is 1. The minimum absolute atomic E-state index is 0.198. The van der Waals surface area contributed by atoms with E-state index < -0.39 is 0 Å². The van der Waals surface area contributed by atoms with Crippen molar-refractivity contribution in [1.82, 2.24) is 0 Å². The molecular weight excluding hydrogens is 348 g/mol. The number of carbonyl (C=O) groups is 1. The average Bonchev–Trinajstić information content (AvgIpc) is 3.15. The van der Waals surface area contributed by atoms with Gasteiger partial charge in [0.05, 0.1) is 7.11 Å². The van der Waals surface area contributed by atoms with Crippen molar-refractivity contribution in [3.05, 3.63) is 41.5 Å². The summed E-state index contributed by atoms with van der Waals surface area (Å²) < 4.78 is 4.70. The highest BCUT2D eigenvalue weighted by Gasteiger charge is 2.29. The Balaban J connectivity index is 2.01. The quantitative estimate of drug-likeness (QED) is 0.335. The Morgan fingerprint density at radius 1 is 1.39 bits per heavy atom. The van der Waals surface area contributed by atoms with E-state index in [1.165, 1.54) is 20.0 Å². The summed E-state index contributed by atoms with van der Waals surface area (Å²) in [6, 6.07) is 6.06. The first-order valence-electron chi connectivity index (χ1n) is 10.5. The lowest BCUT2D eigenvalue weighted by atomic mass is 9.86. The van der Waals surface area contributed by atoms with Gasteiger partial charge in [-0.25, -0.2) is 0 Å². The molecule has 152 valence electrons. The van der Waals surface area contributed by atoms with Crippen LogP contribution in [0.4, 0.5) is 0 Å². The van der Waals surface area contributed by atoms with Gasteiger partial charge < -0.3 is 9.84 Å². The summed E-state index contributed by atoms with van der Waals surface area (Å²) in [5.41, 5.74) is 2.00. The Hall–Kier alpha value is -2.21. The van der Waals surface area contributed by atoms with Crippen LogP contribution in [0, 0.1) is 23.7 Å². The summed E-state index contributed by atoms with van der Waals surface area (Å²) in [4.78, 5) is 11.3. The van der Waals surface area contributed by atoms with E-state index in [1.54, 1.807) is 0 Å². The van der Waals surface area contributed by atoms with Crippen LogP contribution in [0.1, 0.15) is 75.8 Å². The van der Waals surface area contributed by atoms with Crippen LogP contribution in [0.5, 0.6) is 5.75 Å². The predicted octanol–water partition coefficient (Wildman–Crippen LogP) is 5.77. The number of hydrogen-bond donors (Lipinski definition) is 1. The predicted molar refractivity (Wildman–Crippen MR) is 114 cm³/mol. The number of rotatable bonds is 9. The zero-order valence-electron chi connectivity index (χ0n) is 17.5. The zero-order valence-corrected chi connectivity index (χ0v) is 17.5. The number of methoxy groups -OCH3 is 1. The maximum absolute atomic E-state index is 11.3. The third-order valence-electron chi connectivity index (χ3n) is 5.72. The molecule has 0 spiro atoms. The molecule has 0 saturated heterocycles. The Morgan fingerprint density at radius 2 is 2.21 bits per heavy atom. The number of hydrogen-bond acceptors (Lipinski definition) is 3. The number of benzene rings is 1. The van der Waals surface area contributed by atoms with Crippen LogP contribution in [0.2, 0.25) is 0 Å². The van der Waals surface area contributed by atoms with Crippen molar-refractivity contribution in [3.63, 3.8) is 0 Å². The first-order valence-corrected chi connectivity index (χ1v) is 10.5. The number of esters is 1. The molecule has 1 aliphatic carbocycles. The van der Waals surface area contributed by atoms with Gasteiger partial charge >= 0.3 is 5.97 Å². The standard InChI is InChI=1S/C25H34O3/c1-4-5-10-19(2)11-6-12-20-13-7-16-22(20)23-17-8-14-21(25(23)27)15-9-18-24(26)28-3/h6,8,12,14,17,19-20,22,27H,7,9-11,13,15-16,18H2,1-3H3/b12-6+/t19?,20?,22-/m0/s1. The highest BCUT2D eigenvalue weighted by Crippen LogP contribution is 2.44. The molecule has 1 aromatic rings. The maximum Gasteiger partial charge on any atom is 0.305 e. The van der Waals surface area contributed by atoms with E-state index in [-0.39, 0.29) is 5.97 Å². The molecule has 1 aromatic carbocycles. The number of phenolic OH excluding ortho intramolecular Hbond substituents is 1. The van der Waals surface area contributed by atoms with Crippen molar-refractivity contribution in [1.29, 1.82) is 0 Å². The lowest BCUT2D eigenvalue weighted by Crippen LogP contribution is -2.06. The van der Waals surface area contributed by atoms with Gasteiger partial charge in [0.2, 0.25) is 0 Å². The summed E-state index contributed by atoms with van der Waals surface area (Å²) in [7, 11) is 1.41. The number of aryl methyl sites for hydroxylation is 1. The van der Waals surface area contributed by atoms with Crippen LogP contribution in [-0.2, 0) is 16.0 Å². The lowest BCUT2D eigenvalue weighted by Gasteiger charge is -2.20. The second kappa shape index (κ2) is 11.6. The van der Waals surface area contributed by atoms with E-state index >= 15 is 0 Å². The van der Waals surface area contributed by atoms with Crippen LogP contribution in [-0.4, -0.2) is 18.2 Å². The molecule has 1 fully saturated rings. The Labute approximate surface area is 170 Å². The van der Waals surface area contributed by atoms with Crippen LogP contribution < -0.4 is 0 Å². The highest BCUT2D eigenvalue weighted by molar-refractivity contribution is 5.69. The summed E-state index contributed by atoms with van der Waals surface area (Å²) >= 11 is 0. The van der Waals surface area contributed by atoms with Crippen molar-refractivity contribution >= 4 is 5.97 Å². The second-order valence-corrected chi connectivity index (χ2v) is 7.89. The van der Waals surface area contributed by atoms with Crippen LogP contribution in [0.3, 0.4) is 0 Å². The number of allylic oxidation sites excluding steroid dienone is 2. The number of ether oxygens (including phenoxy) is 1. The maximum atomic E-state index is 11.3. The van der Waals surface area contributed by atoms with E-state index in [0.717, 1.165) is 30.4 Å². The van der Waals surface area contributed by atoms with Gasteiger partial charge in [0.25, 0.3) is 0 Å². The van der Waals surface area contributed by atoms with E-state index in [9.17, 15) is 9.90 Å². The molecule has 2 rings (SSSR count). The molecule has 3 nitrogen and oxygen atoms in total. The Morgan fingerprint density at radius 3 is 2.96 bits per heavy atom. The van der Waals surface area contributed by atoms with E-state index in [2.05, 4.69) is 37.0 Å². The topological polar surface area (TPSA) is 46.5 Å². The minimum Gasteiger partial charge on any atom is -0.507 e. The van der Waals surface area contributed by atoms with Crippen LogP contribution in [0.15, 0.2) is 30.4 Å². The normalized spacial score (nSPS) is 20.0. The van der Waals surface area contributed by atoms with Gasteiger partial charge in [0.1, 0.15) is 5.75 Å². The molecule has 28 heavy (non-hydrogen) atoms. The third-order valence-corrected chi connectivity index (χ3v) is 5.72. The van der Waals surface area contributed by atoms with Gasteiger partial charge in [-0.1, -0.05) is 43.7 Å². The molecule has 3 heteroatoms. The largest absolute Gasteiger partial charge is 0.507 e. The van der Waals surface area contributed by atoms with Crippen molar-refractivity contribution in [2.24, 2.45) is 11.8 Å². The van der Waals surface area contributed by atoms with Crippen molar-refractivity contribution < 1.29 is 14.6 Å². The molecule has 1 N–H and O–H groups in total. The molecule has 3 atom stereocenters. The molecule has 0 bridgehead atoms. The molecule has 1 saturated carbocycles. The fourth-order valence-electron chi connectivity index (χ4n) is 4.09. The SMILES string of the molecule is CC#CCC(C)C/C=C/C1CCC[C@@H]1c1cccc(CCCC(=O)OC)c1O. The highest BCUT2D eigenvalue weighted by atomic mass is 16.5. The Kier molecular flexibility index (Phi) is 9.14. The molecule has 1 aliphatic rings. The third kappa shape index (κ3) is 6.44. The van der Waals surface area contributed by atoms with Gasteiger partial charge in [-0.3, -0.25) is 4.79 Å². The first kappa shape index (κ1) is 22.1. The van der Waals surface area contributed by atoms with Gasteiger partial charge in [-0.05, 0) is 67.9 Å². The molecule has 0 aromatic heterocycles. The van der Waals surface area contributed by atoms with E-state index in [1.807, 2.05) is 19.1 Å². The molecule has 2 unspecified atom stereocenters. The summed E-state index contributed by atoms with van der Waals surface area (Å²) in [5.74, 6) is 7.79. The van der Waals surface area contributed by atoms with Crippen molar-refractivity contribution in [2.45, 2.75) is 71.1 Å². The summed E-state index contributed by atoms with van der Waals surface area (Å²) in [5, 5.41) is 10.8. The van der Waals surface area contributed by atoms with Gasteiger partial charge in [0.15, 0.2) is 0 Å². The number of phenols is 1. The molecular formula is C25H34O3. The monoisotopic (exact) mass is 382 g/mol. The van der Waals surface area contributed by atoms with E-state index in [0.29, 0.717) is 42.8 Å². The fraction of sp³-hybridized carbons (Fsp3) is 0.560. The van der Waals surface area contributed by atoms with Gasteiger partial charge in [-0.15, -0.1) is 11.8 Å². The number of aromatic hydroxyl groups is 1. The fourth-order valence-corrected chi connectivity index (χ4v) is 4.09. The zero-order chi connectivity index (χ0) is 20.4. The molecule has 0 aliphatic heterocycles.